The molecular formula is C28H43N3O5S. The van der Waals surface area contributed by atoms with Gasteiger partial charge in [0.25, 0.3) is 0 Å². The molecule has 0 saturated carbocycles. The Bertz CT molecular complexity index is 1000. The lowest BCUT2D eigenvalue weighted by atomic mass is 10.1. The summed E-state index contributed by atoms with van der Waals surface area (Å²) < 4.78 is 16.2. The largest absolute Gasteiger partial charge is 0.493 e. The van der Waals surface area contributed by atoms with Gasteiger partial charge in [0.2, 0.25) is 5.91 Å². The van der Waals surface area contributed by atoms with Crippen LogP contribution < -0.4 is 14.8 Å². The number of carbonyl (C=O) groups is 2. The third kappa shape index (κ3) is 10.6. The number of carbonyl (C=O) groups excluding carboxylic acids is 2. The van der Waals surface area contributed by atoms with Crippen molar-refractivity contribution in [3.8, 4) is 11.5 Å². The van der Waals surface area contributed by atoms with Gasteiger partial charge in [0.15, 0.2) is 11.5 Å². The minimum atomic E-state index is -0.403. The second kappa shape index (κ2) is 14.8. The topological polar surface area (TPSA) is 80.3 Å². The first-order valence-electron chi connectivity index (χ1n) is 12.7. The van der Waals surface area contributed by atoms with E-state index in [1.54, 1.807) is 30.5 Å². The summed E-state index contributed by atoms with van der Waals surface area (Å²) in [4.78, 5) is 32.4. The summed E-state index contributed by atoms with van der Waals surface area (Å²) >= 11 is 1.68. The summed E-state index contributed by atoms with van der Waals surface area (Å²) in [7, 11) is 3.22. The number of hydrogen-bond donors (Lipinski definition) is 1. The average molecular weight is 534 g/mol. The predicted molar refractivity (Wildman–Crippen MR) is 149 cm³/mol. The van der Waals surface area contributed by atoms with Crippen LogP contribution in [0.25, 0.3) is 0 Å². The van der Waals surface area contributed by atoms with Gasteiger partial charge in [0, 0.05) is 41.6 Å². The zero-order chi connectivity index (χ0) is 27.4. The van der Waals surface area contributed by atoms with Gasteiger partial charge in [-0.15, -0.1) is 11.3 Å². The van der Waals surface area contributed by atoms with Gasteiger partial charge in [-0.3, -0.25) is 4.79 Å². The Balaban J connectivity index is 2.19. The van der Waals surface area contributed by atoms with Crippen molar-refractivity contribution < 1.29 is 23.8 Å². The van der Waals surface area contributed by atoms with E-state index in [1.807, 2.05) is 50.8 Å². The maximum absolute atomic E-state index is 13.6. The molecule has 3 amide bonds. The second-order valence-electron chi connectivity index (χ2n) is 9.92. The maximum Gasteiger partial charge on any atom is 0.318 e. The highest BCUT2D eigenvalue weighted by molar-refractivity contribution is 7.11. The van der Waals surface area contributed by atoms with Crippen LogP contribution in [0.15, 0.2) is 30.3 Å². The molecule has 2 rings (SSSR count). The first-order valence-corrected chi connectivity index (χ1v) is 13.6. The van der Waals surface area contributed by atoms with Crippen molar-refractivity contribution in [2.45, 2.75) is 59.5 Å². The van der Waals surface area contributed by atoms with Crippen molar-refractivity contribution in [2.75, 3.05) is 47.1 Å². The van der Waals surface area contributed by atoms with Crippen molar-refractivity contribution in [1.29, 1.82) is 0 Å². The van der Waals surface area contributed by atoms with Gasteiger partial charge in [-0.05, 0) is 77.3 Å². The van der Waals surface area contributed by atoms with Crippen LogP contribution in [0.5, 0.6) is 11.5 Å². The smallest absolute Gasteiger partial charge is 0.318 e. The molecule has 0 radical (unpaired) electrons. The molecule has 2 aromatic rings. The Morgan fingerprint density at radius 1 is 1.00 bits per heavy atom. The number of amides is 3. The molecule has 0 fully saturated rings. The van der Waals surface area contributed by atoms with E-state index in [2.05, 4.69) is 24.4 Å². The van der Waals surface area contributed by atoms with E-state index in [0.29, 0.717) is 57.2 Å². The Kier molecular flexibility index (Phi) is 12.2. The lowest BCUT2D eigenvalue weighted by molar-refractivity contribution is -0.132. The number of aryl methyl sites for hydroxylation is 1. The monoisotopic (exact) mass is 533 g/mol. The van der Waals surface area contributed by atoms with Gasteiger partial charge in [-0.1, -0.05) is 6.07 Å². The van der Waals surface area contributed by atoms with Crippen molar-refractivity contribution >= 4 is 23.3 Å². The SMILES string of the molecule is CCOCCCN(CC(=O)N(CCc1ccc(OC)c(OC)c1)Cc1ccc(C)s1)C(=O)NC(C)(C)C. The first kappa shape index (κ1) is 30.4. The molecular weight excluding hydrogens is 490 g/mol. The van der Waals surface area contributed by atoms with E-state index < -0.39 is 5.54 Å². The van der Waals surface area contributed by atoms with Crippen LogP contribution in [-0.4, -0.2) is 74.3 Å². The predicted octanol–water partition coefficient (Wildman–Crippen LogP) is 4.88. The molecule has 1 N–H and O–H groups in total. The van der Waals surface area contributed by atoms with Crippen LogP contribution in [0.1, 0.15) is 49.4 Å². The molecule has 1 heterocycles. The van der Waals surface area contributed by atoms with E-state index in [0.717, 1.165) is 10.4 Å². The Morgan fingerprint density at radius 3 is 2.32 bits per heavy atom. The number of benzene rings is 1. The fourth-order valence-corrected chi connectivity index (χ4v) is 4.67. The van der Waals surface area contributed by atoms with Crippen molar-refractivity contribution in [3.05, 3.63) is 45.6 Å². The molecule has 0 bridgehead atoms. The molecule has 37 heavy (non-hydrogen) atoms. The molecule has 0 saturated heterocycles. The zero-order valence-corrected chi connectivity index (χ0v) is 24.2. The van der Waals surface area contributed by atoms with E-state index in [4.69, 9.17) is 14.2 Å². The molecule has 0 aliphatic carbocycles. The highest BCUT2D eigenvalue weighted by Gasteiger charge is 2.24. The minimum Gasteiger partial charge on any atom is -0.493 e. The summed E-state index contributed by atoms with van der Waals surface area (Å²) in [5, 5.41) is 2.99. The number of thiophene rings is 1. The Morgan fingerprint density at radius 2 is 1.73 bits per heavy atom. The summed E-state index contributed by atoms with van der Waals surface area (Å²) in [6.07, 6.45) is 1.31. The minimum absolute atomic E-state index is 0.00430. The van der Waals surface area contributed by atoms with Crippen LogP contribution >= 0.6 is 11.3 Å². The molecule has 1 aromatic carbocycles. The molecule has 1 aromatic heterocycles. The molecule has 8 nitrogen and oxygen atoms in total. The third-order valence-corrected chi connectivity index (χ3v) is 6.62. The number of rotatable bonds is 14. The van der Waals surface area contributed by atoms with E-state index in [9.17, 15) is 9.59 Å². The number of nitrogens with zero attached hydrogens (tertiary/aromatic N) is 2. The van der Waals surface area contributed by atoms with E-state index in [1.165, 1.54) is 4.88 Å². The summed E-state index contributed by atoms with van der Waals surface area (Å²) in [6.45, 7) is 12.4. The quantitative estimate of drug-likeness (QED) is 0.350. The summed E-state index contributed by atoms with van der Waals surface area (Å²) in [6, 6.07) is 9.67. The van der Waals surface area contributed by atoms with Gasteiger partial charge in [0.05, 0.1) is 20.8 Å². The van der Waals surface area contributed by atoms with E-state index >= 15 is 0 Å². The molecule has 0 atom stereocenters. The van der Waals surface area contributed by atoms with Gasteiger partial charge in [-0.2, -0.15) is 0 Å². The lowest BCUT2D eigenvalue weighted by Crippen LogP contribution is -2.52. The standard InChI is InChI=1S/C28H43N3O5S/c1-8-36-17-9-15-31(27(33)29-28(3,4)5)20-26(32)30(19-23-12-10-21(2)37-23)16-14-22-11-13-24(34-6)25(18-22)35-7/h10-13,18H,8-9,14-17,19-20H2,1-7H3,(H,29,33). The van der Waals surface area contributed by atoms with Gasteiger partial charge in [0.1, 0.15) is 6.54 Å². The fourth-order valence-electron chi connectivity index (χ4n) is 3.77. The number of urea groups is 1. The van der Waals surface area contributed by atoms with Crippen LogP contribution in [0.2, 0.25) is 0 Å². The normalized spacial score (nSPS) is 11.2. The van der Waals surface area contributed by atoms with Gasteiger partial charge in [-0.25, -0.2) is 4.79 Å². The number of hydrogen-bond acceptors (Lipinski definition) is 6. The fraction of sp³-hybridized carbons (Fsp3) is 0.571. The molecule has 0 aliphatic heterocycles. The van der Waals surface area contributed by atoms with E-state index in [-0.39, 0.29) is 18.5 Å². The molecule has 0 aliphatic rings. The molecule has 0 unspecified atom stereocenters. The number of methoxy groups -OCH3 is 2. The number of ether oxygens (including phenoxy) is 3. The summed E-state index contributed by atoms with van der Waals surface area (Å²) in [5.74, 6) is 1.24. The zero-order valence-electron chi connectivity index (χ0n) is 23.4. The summed E-state index contributed by atoms with van der Waals surface area (Å²) in [5.41, 5.74) is 0.636. The molecule has 0 spiro atoms. The highest BCUT2D eigenvalue weighted by atomic mass is 32.1. The Labute approximate surface area is 225 Å². The molecule has 206 valence electrons. The van der Waals surface area contributed by atoms with Gasteiger partial charge >= 0.3 is 6.03 Å². The third-order valence-electron chi connectivity index (χ3n) is 5.63. The first-order chi connectivity index (χ1) is 17.6. The number of nitrogens with one attached hydrogen (secondary N) is 1. The van der Waals surface area contributed by atoms with Crippen molar-refractivity contribution in [3.63, 3.8) is 0 Å². The van der Waals surface area contributed by atoms with Crippen molar-refractivity contribution in [2.24, 2.45) is 0 Å². The van der Waals surface area contributed by atoms with Gasteiger partial charge < -0.3 is 29.3 Å². The van der Waals surface area contributed by atoms with Crippen LogP contribution in [0, 0.1) is 6.92 Å². The second-order valence-corrected chi connectivity index (χ2v) is 11.3. The average Bonchev–Trinajstić information content (AvgIpc) is 3.26. The van der Waals surface area contributed by atoms with Crippen LogP contribution in [0.4, 0.5) is 4.79 Å². The molecule has 9 heteroatoms. The maximum atomic E-state index is 13.6. The highest BCUT2D eigenvalue weighted by Crippen LogP contribution is 2.28. The van der Waals surface area contributed by atoms with Crippen molar-refractivity contribution in [1.82, 2.24) is 15.1 Å². The van der Waals surface area contributed by atoms with Crippen LogP contribution in [-0.2, 0) is 22.5 Å². The Hall–Kier alpha value is -2.78. The van der Waals surface area contributed by atoms with Crippen LogP contribution in [0.3, 0.4) is 0 Å². The lowest BCUT2D eigenvalue weighted by Gasteiger charge is -2.30.